The highest BCUT2D eigenvalue weighted by atomic mass is 35.5. The van der Waals surface area contributed by atoms with Gasteiger partial charge < -0.3 is 24.5 Å². The molecule has 0 atom stereocenters. The van der Waals surface area contributed by atoms with Crippen LogP contribution in [0.15, 0.2) is 30.5 Å². The van der Waals surface area contributed by atoms with Gasteiger partial charge in [-0.05, 0) is 51.0 Å². The highest BCUT2D eigenvalue weighted by Crippen LogP contribution is 2.29. The fraction of sp³-hybridized carbons (Fsp3) is 0.462. The Morgan fingerprint density at radius 1 is 1.19 bits per heavy atom. The van der Waals surface area contributed by atoms with Crippen molar-refractivity contribution in [2.75, 3.05) is 51.3 Å². The molecule has 1 saturated heterocycles. The van der Waals surface area contributed by atoms with Gasteiger partial charge in [-0.15, -0.1) is 0 Å². The fourth-order valence-corrected chi connectivity index (χ4v) is 4.12. The zero-order valence-corrected chi connectivity index (χ0v) is 21.9. The Morgan fingerprint density at radius 2 is 1.89 bits per heavy atom. The Hall–Kier alpha value is -3.35. The molecule has 0 unspecified atom stereocenters. The predicted octanol–water partition coefficient (Wildman–Crippen LogP) is 3.79. The van der Waals surface area contributed by atoms with E-state index in [9.17, 15) is 14.9 Å². The molecule has 9 nitrogen and oxygen atoms in total. The van der Waals surface area contributed by atoms with Gasteiger partial charge in [0, 0.05) is 58.1 Å². The normalized spacial score (nSPS) is 13.8. The summed E-state index contributed by atoms with van der Waals surface area (Å²) in [6.45, 7) is 7.96. The average molecular weight is 514 g/mol. The van der Waals surface area contributed by atoms with Crippen molar-refractivity contribution in [3.63, 3.8) is 0 Å². The number of ether oxygens (including phenoxy) is 1. The second-order valence-corrected chi connectivity index (χ2v) is 10.1. The lowest BCUT2D eigenvalue weighted by atomic mass is 10.0. The molecule has 192 valence electrons. The van der Waals surface area contributed by atoms with Crippen molar-refractivity contribution in [1.29, 1.82) is 5.26 Å². The SMILES string of the molecule is CN(CCCO)C(=O)c1ccc(-c2cnc(N3CCN(C(=O)OC(C)(C)C)CC3)c(C#N)c2)cc1Cl. The van der Waals surface area contributed by atoms with E-state index < -0.39 is 5.60 Å². The molecule has 2 aromatic rings. The van der Waals surface area contributed by atoms with Crippen molar-refractivity contribution in [2.24, 2.45) is 0 Å². The van der Waals surface area contributed by atoms with Gasteiger partial charge in [-0.1, -0.05) is 17.7 Å². The molecule has 0 saturated carbocycles. The van der Waals surface area contributed by atoms with Crippen LogP contribution in [0.3, 0.4) is 0 Å². The number of aliphatic hydroxyl groups excluding tert-OH is 1. The number of amides is 2. The molecule has 0 radical (unpaired) electrons. The third-order valence-corrected chi connectivity index (χ3v) is 6.06. The van der Waals surface area contributed by atoms with Gasteiger partial charge in [0.1, 0.15) is 17.5 Å². The third kappa shape index (κ3) is 6.65. The number of halogens is 1. The van der Waals surface area contributed by atoms with E-state index in [1.54, 1.807) is 42.4 Å². The van der Waals surface area contributed by atoms with Crippen LogP contribution >= 0.6 is 11.6 Å². The minimum atomic E-state index is -0.552. The molecule has 2 amide bonds. The highest BCUT2D eigenvalue weighted by molar-refractivity contribution is 6.34. The van der Waals surface area contributed by atoms with E-state index in [2.05, 4.69) is 11.1 Å². The zero-order valence-electron chi connectivity index (χ0n) is 21.1. The van der Waals surface area contributed by atoms with Crippen LogP contribution in [0.4, 0.5) is 10.6 Å². The van der Waals surface area contributed by atoms with Crippen molar-refractivity contribution >= 4 is 29.4 Å². The number of aromatic nitrogens is 1. The van der Waals surface area contributed by atoms with E-state index in [4.69, 9.17) is 21.4 Å². The molecule has 36 heavy (non-hydrogen) atoms. The number of hydrogen-bond acceptors (Lipinski definition) is 7. The smallest absolute Gasteiger partial charge is 0.410 e. The van der Waals surface area contributed by atoms with Crippen LogP contribution < -0.4 is 4.90 Å². The van der Waals surface area contributed by atoms with Gasteiger partial charge in [-0.3, -0.25) is 4.79 Å². The van der Waals surface area contributed by atoms with Crippen molar-refractivity contribution in [3.05, 3.63) is 46.6 Å². The van der Waals surface area contributed by atoms with Crippen LogP contribution in [-0.4, -0.2) is 83.9 Å². The van der Waals surface area contributed by atoms with Gasteiger partial charge in [0.25, 0.3) is 5.91 Å². The van der Waals surface area contributed by atoms with Gasteiger partial charge in [-0.2, -0.15) is 5.26 Å². The Balaban J connectivity index is 1.73. The Kier molecular flexibility index (Phi) is 8.77. The molecule has 1 aromatic heterocycles. The van der Waals surface area contributed by atoms with Gasteiger partial charge in [0.2, 0.25) is 0 Å². The maximum absolute atomic E-state index is 12.6. The van der Waals surface area contributed by atoms with Crippen LogP contribution in [-0.2, 0) is 4.74 Å². The standard InChI is InChI=1S/C26H32ClN5O4/c1-26(2,3)36-25(35)32-11-9-31(10-12-32)23-19(16-28)14-20(17-29-23)18-6-7-21(22(27)15-18)24(34)30(4)8-5-13-33/h6-7,14-15,17,33H,5,8-13H2,1-4H3. The summed E-state index contributed by atoms with van der Waals surface area (Å²) in [6.07, 6.45) is 1.82. The summed E-state index contributed by atoms with van der Waals surface area (Å²) in [4.78, 5) is 34.7. The third-order valence-electron chi connectivity index (χ3n) is 5.75. The van der Waals surface area contributed by atoms with E-state index in [1.165, 1.54) is 4.90 Å². The Bertz CT molecular complexity index is 1150. The molecule has 10 heteroatoms. The molecule has 1 aliphatic heterocycles. The van der Waals surface area contributed by atoms with Crippen LogP contribution in [0.5, 0.6) is 0 Å². The number of carbonyl (C=O) groups is 2. The van der Waals surface area contributed by atoms with Gasteiger partial charge in [0.05, 0.1) is 16.1 Å². The molecule has 0 bridgehead atoms. The Morgan fingerprint density at radius 3 is 2.47 bits per heavy atom. The van der Waals surface area contributed by atoms with E-state index >= 15 is 0 Å². The first-order valence-corrected chi connectivity index (χ1v) is 12.2. The van der Waals surface area contributed by atoms with E-state index in [0.717, 1.165) is 5.56 Å². The number of anilines is 1. The van der Waals surface area contributed by atoms with E-state index in [0.29, 0.717) is 66.7 Å². The quantitative estimate of drug-likeness (QED) is 0.625. The second kappa shape index (κ2) is 11.6. The van der Waals surface area contributed by atoms with E-state index in [1.807, 2.05) is 25.7 Å². The molecule has 1 fully saturated rings. The average Bonchev–Trinajstić information content (AvgIpc) is 2.85. The number of piperazine rings is 1. The van der Waals surface area contributed by atoms with Gasteiger partial charge in [0.15, 0.2) is 0 Å². The second-order valence-electron chi connectivity index (χ2n) is 9.66. The van der Waals surface area contributed by atoms with Crippen LogP contribution in [0, 0.1) is 11.3 Å². The lowest BCUT2D eigenvalue weighted by molar-refractivity contribution is 0.0240. The van der Waals surface area contributed by atoms with Gasteiger partial charge in [-0.25, -0.2) is 9.78 Å². The maximum Gasteiger partial charge on any atom is 0.410 e. The zero-order chi connectivity index (χ0) is 26.5. The molecule has 1 aliphatic rings. The maximum atomic E-state index is 12.6. The summed E-state index contributed by atoms with van der Waals surface area (Å²) in [5.41, 5.74) is 1.67. The monoisotopic (exact) mass is 513 g/mol. The van der Waals surface area contributed by atoms with E-state index in [-0.39, 0.29) is 18.6 Å². The molecule has 2 heterocycles. The molecule has 1 N–H and O–H groups in total. The summed E-state index contributed by atoms with van der Waals surface area (Å²) >= 11 is 6.43. The summed E-state index contributed by atoms with van der Waals surface area (Å²) in [5, 5.41) is 19.1. The number of benzene rings is 1. The number of carbonyl (C=O) groups excluding carboxylic acids is 2. The molecular weight excluding hydrogens is 482 g/mol. The van der Waals surface area contributed by atoms with Crippen molar-refractivity contribution in [3.8, 4) is 17.2 Å². The summed E-state index contributed by atoms with van der Waals surface area (Å²) in [7, 11) is 1.66. The molecule has 0 spiro atoms. The largest absolute Gasteiger partial charge is 0.444 e. The number of rotatable bonds is 6. The number of pyridine rings is 1. The highest BCUT2D eigenvalue weighted by Gasteiger charge is 2.27. The minimum absolute atomic E-state index is 0.00787. The Labute approximate surface area is 216 Å². The van der Waals surface area contributed by atoms with Gasteiger partial charge >= 0.3 is 6.09 Å². The first-order valence-electron chi connectivity index (χ1n) is 11.8. The number of hydrogen-bond donors (Lipinski definition) is 1. The minimum Gasteiger partial charge on any atom is -0.444 e. The molecule has 0 aliphatic carbocycles. The van der Waals surface area contributed by atoms with Crippen LogP contribution in [0.1, 0.15) is 43.1 Å². The summed E-state index contributed by atoms with van der Waals surface area (Å²) in [5.74, 6) is 0.338. The topological polar surface area (TPSA) is 110 Å². The number of nitrogens with zero attached hydrogens (tertiary/aromatic N) is 5. The molecule has 3 rings (SSSR count). The van der Waals surface area contributed by atoms with Crippen molar-refractivity contribution in [1.82, 2.24) is 14.8 Å². The van der Waals surface area contributed by atoms with Crippen LogP contribution in [0.25, 0.3) is 11.1 Å². The molecular formula is C26H32ClN5O4. The first kappa shape index (κ1) is 27.2. The number of aliphatic hydroxyl groups is 1. The van der Waals surface area contributed by atoms with Crippen molar-refractivity contribution < 1.29 is 19.4 Å². The number of nitriles is 1. The summed E-state index contributed by atoms with van der Waals surface area (Å²) in [6, 6.07) is 9.10. The summed E-state index contributed by atoms with van der Waals surface area (Å²) < 4.78 is 5.45. The van der Waals surface area contributed by atoms with Crippen LogP contribution in [0.2, 0.25) is 5.02 Å². The molecule has 1 aromatic carbocycles. The lowest BCUT2D eigenvalue weighted by Crippen LogP contribution is -2.50. The fourth-order valence-electron chi connectivity index (χ4n) is 3.86. The predicted molar refractivity (Wildman–Crippen MR) is 138 cm³/mol. The first-order chi connectivity index (χ1) is 17.0. The van der Waals surface area contributed by atoms with Crippen molar-refractivity contribution in [2.45, 2.75) is 32.8 Å². The lowest BCUT2D eigenvalue weighted by Gasteiger charge is -2.36.